The van der Waals surface area contributed by atoms with Crippen LogP contribution in [0.1, 0.15) is 92.9 Å². The minimum Gasteiger partial charge on any atom is -0.394 e. The Bertz CT molecular complexity index is 1640. The van der Waals surface area contributed by atoms with E-state index in [2.05, 4.69) is 39.1 Å². The monoisotopic (exact) mass is 883 g/mol. The van der Waals surface area contributed by atoms with Crippen LogP contribution < -0.4 is 5.32 Å². The van der Waals surface area contributed by atoms with Crippen molar-refractivity contribution in [3.63, 3.8) is 0 Å². The van der Waals surface area contributed by atoms with Crippen LogP contribution in [0.25, 0.3) is 0 Å². The number of aliphatic hydroxyl groups is 9. The van der Waals surface area contributed by atoms with Gasteiger partial charge < -0.3 is 79.1 Å². The predicted octanol–water partition coefficient (Wildman–Crippen LogP) is -0.214. The molecule has 5 saturated heterocycles. The molecule has 5 heterocycles. The third-order valence-electron chi connectivity index (χ3n) is 17.9. The molecule has 8 fully saturated rings. The zero-order valence-corrected chi connectivity index (χ0v) is 36.9. The number of ether oxygens (including phenoxy) is 7. The first-order valence-electron chi connectivity index (χ1n) is 23.4. The molecule has 354 valence electrons. The highest BCUT2D eigenvalue weighted by atomic mass is 16.8. The summed E-state index contributed by atoms with van der Waals surface area (Å²) in [6.07, 6.45) is -12.7. The second-order valence-corrected chi connectivity index (χ2v) is 21.3. The molecule has 9 aliphatic rings. The quantitative estimate of drug-likeness (QED) is 0.148. The van der Waals surface area contributed by atoms with E-state index in [1.54, 1.807) is 0 Å². The van der Waals surface area contributed by atoms with Gasteiger partial charge in [-0.25, -0.2) is 0 Å². The molecular formula is C45H73NO16. The van der Waals surface area contributed by atoms with Gasteiger partial charge in [-0.05, 0) is 106 Å². The van der Waals surface area contributed by atoms with Crippen LogP contribution in [0, 0.1) is 46.3 Å². The van der Waals surface area contributed by atoms with Crippen LogP contribution >= 0.6 is 0 Å². The van der Waals surface area contributed by atoms with Crippen molar-refractivity contribution >= 4 is 0 Å². The average Bonchev–Trinajstić information content (AvgIpc) is 3.70. The zero-order chi connectivity index (χ0) is 44.4. The van der Waals surface area contributed by atoms with E-state index in [4.69, 9.17) is 33.2 Å². The number of hydrogen-bond donors (Lipinski definition) is 10. The molecule has 0 amide bonds. The number of piperidine rings is 1. The van der Waals surface area contributed by atoms with Crippen molar-refractivity contribution in [3.05, 3.63) is 11.6 Å². The fourth-order valence-electron chi connectivity index (χ4n) is 14.3. The Morgan fingerprint density at radius 2 is 1.35 bits per heavy atom. The van der Waals surface area contributed by atoms with Gasteiger partial charge in [0.25, 0.3) is 0 Å². The first-order chi connectivity index (χ1) is 29.3. The molecule has 1 spiro atoms. The summed E-state index contributed by atoms with van der Waals surface area (Å²) in [5.41, 5.74) is 0.827. The Morgan fingerprint density at radius 1 is 0.710 bits per heavy atom. The van der Waals surface area contributed by atoms with Gasteiger partial charge in [-0.1, -0.05) is 39.3 Å². The molecular weight excluding hydrogens is 810 g/mol. The highest BCUT2D eigenvalue weighted by Gasteiger charge is 2.70. The van der Waals surface area contributed by atoms with Gasteiger partial charge in [0.1, 0.15) is 66.8 Å². The number of nitrogens with one attached hydrogen (secondary N) is 1. The van der Waals surface area contributed by atoms with Crippen LogP contribution in [-0.2, 0) is 33.2 Å². The van der Waals surface area contributed by atoms with Gasteiger partial charge in [-0.15, -0.1) is 0 Å². The second-order valence-electron chi connectivity index (χ2n) is 21.3. The summed E-state index contributed by atoms with van der Waals surface area (Å²) in [6.45, 7) is 12.6. The largest absolute Gasteiger partial charge is 0.394 e. The lowest BCUT2D eigenvalue weighted by Gasteiger charge is -2.59. The van der Waals surface area contributed by atoms with E-state index in [0.717, 1.165) is 45.1 Å². The molecule has 4 aliphatic carbocycles. The molecule has 17 heteroatoms. The molecule has 0 aromatic heterocycles. The van der Waals surface area contributed by atoms with Gasteiger partial charge in [-0.2, -0.15) is 0 Å². The molecule has 10 N–H and O–H groups in total. The van der Waals surface area contributed by atoms with E-state index in [0.29, 0.717) is 42.4 Å². The van der Waals surface area contributed by atoms with Crippen molar-refractivity contribution in [1.29, 1.82) is 0 Å². The Morgan fingerprint density at radius 3 is 2.06 bits per heavy atom. The molecule has 5 aliphatic heterocycles. The number of aliphatic hydroxyl groups excluding tert-OH is 9. The molecule has 0 aromatic rings. The lowest BCUT2D eigenvalue weighted by molar-refractivity contribution is -0.386. The van der Waals surface area contributed by atoms with Crippen molar-refractivity contribution < 1.29 is 79.1 Å². The van der Waals surface area contributed by atoms with Crippen LogP contribution in [0.15, 0.2) is 11.6 Å². The molecule has 0 bridgehead atoms. The molecule has 27 unspecified atom stereocenters. The second kappa shape index (κ2) is 17.0. The van der Waals surface area contributed by atoms with E-state index >= 15 is 0 Å². The van der Waals surface area contributed by atoms with Crippen molar-refractivity contribution in [2.75, 3.05) is 13.2 Å². The topological polar surface area (TPSA) is 259 Å². The average molecular weight is 884 g/mol. The van der Waals surface area contributed by atoms with Gasteiger partial charge >= 0.3 is 0 Å². The molecule has 17 nitrogen and oxygen atoms in total. The van der Waals surface area contributed by atoms with Gasteiger partial charge in [-0.3, -0.25) is 5.32 Å². The number of hydrogen-bond acceptors (Lipinski definition) is 17. The summed E-state index contributed by atoms with van der Waals surface area (Å²) >= 11 is 0. The highest BCUT2D eigenvalue weighted by molar-refractivity contribution is 5.27. The minimum absolute atomic E-state index is 0.00654. The van der Waals surface area contributed by atoms with E-state index < -0.39 is 111 Å². The molecule has 3 saturated carbocycles. The van der Waals surface area contributed by atoms with E-state index in [1.807, 2.05) is 0 Å². The van der Waals surface area contributed by atoms with Gasteiger partial charge in [0.15, 0.2) is 18.9 Å². The van der Waals surface area contributed by atoms with Crippen molar-refractivity contribution in [2.24, 2.45) is 46.3 Å². The van der Waals surface area contributed by atoms with Crippen LogP contribution in [0.3, 0.4) is 0 Å². The summed E-state index contributed by atoms with van der Waals surface area (Å²) in [6, 6.07) is 0. The molecule has 0 radical (unpaired) electrons. The van der Waals surface area contributed by atoms with E-state index in [1.165, 1.54) is 19.4 Å². The van der Waals surface area contributed by atoms with Crippen LogP contribution in [0.2, 0.25) is 0 Å². The Hall–Kier alpha value is -0.940. The lowest BCUT2D eigenvalue weighted by Crippen LogP contribution is -2.66. The van der Waals surface area contributed by atoms with Crippen molar-refractivity contribution in [2.45, 2.75) is 209 Å². The molecule has 9 rings (SSSR count). The minimum atomic E-state index is -1.74. The van der Waals surface area contributed by atoms with E-state index in [-0.39, 0.29) is 29.0 Å². The Balaban J connectivity index is 0.845. The maximum Gasteiger partial charge on any atom is 0.187 e. The van der Waals surface area contributed by atoms with Crippen LogP contribution in [-0.4, -0.2) is 175 Å². The lowest BCUT2D eigenvalue weighted by atomic mass is 9.46. The summed E-state index contributed by atoms with van der Waals surface area (Å²) in [5.74, 6) is 2.62. The maximum atomic E-state index is 11.5. The van der Waals surface area contributed by atoms with Gasteiger partial charge in [0, 0.05) is 12.5 Å². The highest BCUT2D eigenvalue weighted by Crippen LogP contribution is 2.70. The van der Waals surface area contributed by atoms with Crippen molar-refractivity contribution in [3.8, 4) is 0 Å². The fraction of sp³-hybridized carbons (Fsp3) is 0.956. The third kappa shape index (κ3) is 7.31. The predicted molar refractivity (Wildman–Crippen MR) is 216 cm³/mol. The summed E-state index contributed by atoms with van der Waals surface area (Å²) in [7, 11) is 0. The Labute approximate surface area is 364 Å². The first kappa shape index (κ1) is 46.2. The third-order valence-corrected chi connectivity index (χ3v) is 17.9. The molecule has 0 aromatic carbocycles. The summed E-state index contributed by atoms with van der Waals surface area (Å²) in [5, 5.41) is 101. The molecule has 27 atom stereocenters. The smallest absolute Gasteiger partial charge is 0.187 e. The number of rotatable bonds is 7. The summed E-state index contributed by atoms with van der Waals surface area (Å²) in [4.78, 5) is 0. The molecule has 62 heavy (non-hydrogen) atoms. The number of fused-ring (bicyclic) bond motifs is 7. The maximum absolute atomic E-state index is 11.5. The van der Waals surface area contributed by atoms with Crippen molar-refractivity contribution in [1.82, 2.24) is 5.32 Å². The van der Waals surface area contributed by atoms with Gasteiger partial charge in [0.05, 0.1) is 37.1 Å². The number of allylic oxidation sites excluding steroid dienone is 1. The SMILES string of the molecule is CC1CNC2(OC3CC4C5CC=C6CC(OC7OC(CO)C(OC8OC(C)C(O)C(O)C8OC8OC(C)C(O)C(O)C8O)C(O)C7O)CCC6(C)C5CCC4(C)C3C2C)C(O)C1. The Kier molecular flexibility index (Phi) is 12.7. The van der Waals surface area contributed by atoms with Gasteiger partial charge in [0.2, 0.25) is 0 Å². The first-order valence-corrected chi connectivity index (χ1v) is 23.4. The standard InChI is InChI=1S/C45H73NO16/c1-18-13-29(48)45(46-16-18)19(2)30-27(62-45)15-26-24-8-7-22-14-23(9-11-43(22,5)25(24)10-12-44(26,30)6)58-41-37(55)35(53)38(28(17-47)59-41)60-42-39(34(52)32(50)21(4)57-42)61-40-36(54)33(51)31(49)20(3)56-40/h7,18-21,23-42,46-55H,8-17H2,1-6H3. The normalized spacial score (nSPS) is 58.9. The van der Waals surface area contributed by atoms with Crippen LogP contribution in [0.5, 0.6) is 0 Å². The zero-order valence-electron chi connectivity index (χ0n) is 36.9. The summed E-state index contributed by atoms with van der Waals surface area (Å²) < 4.78 is 42.8. The van der Waals surface area contributed by atoms with Crippen LogP contribution in [0.4, 0.5) is 0 Å². The van der Waals surface area contributed by atoms with E-state index in [9.17, 15) is 46.0 Å². The fourth-order valence-corrected chi connectivity index (χ4v) is 14.3.